The molecule has 0 radical (unpaired) electrons. The van der Waals surface area contributed by atoms with Gasteiger partial charge in [-0.05, 0) is 67.5 Å². The van der Waals surface area contributed by atoms with E-state index in [0.717, 1.165) is 41.0 Å². The molecule has 7 rings (SSSR count). The number of likely N-dealkylation sites (tertiary alicyclic amines) is 1. The van der Waals surface area contributed by atoms with Crippen LogP contribution in [0.25, 0.3) is 33.6 Å². The first-order valence-electron chi connectivity index (χ1n) is 14.3. The first kappa shape index (κ1) is 25.8. The molecule has 41 heavy (non-hydrogen) atoms. The predicted molar refractivity (Wildman–Crippen MR) is 156 cm³/mol. The van der Waals surface area contributed by atoms with E-state index in [-0.39, 0.29) is 35.9 Å². The summed E-state index contributed by atoms with van der Waals surface area (Å²) in [6.07, 6.45) is 6.38. The highest BCUT2D eigenvalue weighted by atomic mass is 16.5. The summed E-state index contributed by atoms with van der Waals surface area (Å²) in [7, 11) is 5.35. The van der Waals surface area contributed by atoms with Gasteiger partial charge in [0, 0.05) is 50.4 Å². The Bertz CT molecular complexity index is 1720. The third-order valence-electron chi connectivity index (χ3n) is 9.37. The number of fused-ring (bicyclic) bond motifs is 4. The number of ether oxygens (including phenoxy) is 1. The minimum absolute atomic E-state index is 0.128. The highest BCUT2D eigenvalue weighted by Crippen LogP contribution is 2.41. The second kappa shape index (κ2) is 9.44. The van der Waals surface area contributed by atoms with Gasteiger partial charge in [0.1, 0.15) is 16.9 Å². The van der Waals surface area contributed by atoms with Crippen molar-refractivity contribution >= 4 is 33.9 Å². The highest BCUT2D eigenvalue weighted by Gasteiger charge is 2.54. The Morgan fingerprint density at radius 3 is 2.78 bits per heavy atom. The van der Waals surface area contributed by atoms with Gasteiger partial charge in [-0.1, -0.05) is 6.58 Å². The first-order valence-corrected chi connectivity index (χ1v) is 14.3. The van der Waals surface area contributed by atoms with Crippen molar-refractivity contribution in [1.29, 1.82) is 0 Å². The summed E-state index contributed by atoms with van der Waals surface area (Å²) in [6.45, 7) is 5.09. The van der Waals surface area contributed by atoms with Crippen LogP contribution in [0, 0.1) is 11.8 Å². The SMILES string of the molecule is C=CC(=O)N(C)[C@H]1C[C@@H]2CN(C(=O)c3cc(OC)c4c(c3)nc(-c3cc5cccnc5n3CC3CC3)n4C)[C@H]1[C@@H]2N. The van der Waals surface area contributed by atoms with Gasteiger partial charge in [-0.3, -0.25) is 9.59 Å². The van der Waals surface area contributed by atoms with Gasteiger partial charge in [-0.2, -0.15) is 0 Å². The van der Waals surface area contributed by atoms with Crippen molar-refractivity contribution in [3.8, 4) is 17.3 Å². The maximum absolute atomic E-state index is 14.0. The van der Waals surface area contributed by atoms with E-state index < -0.39 is 0 Å². The third-order valence-corrected chi connectivity index (χ3v) is 9.37. The predicted octanol–water partition coefficient (Wildman–Crippen LogP) is 3.19. The first-order chi connectivity index (χ1) is 19.8. The van der Waals surface area contributed by atoms with Gasteiger partial charge in [-0.15, -0.1) is 0 Å². The number of nitrogens with two attached hydrogens (primary N) is 1. The molecule has 10 heteroatoms. The van der Waals surface area contributed by atoms with Crippen LogP contribution >= 0.6 is 0 Å². The molecule has 212 valence electrons. The number of benzene rings is 1. The summed E-state index contributed by atoms with van der Waals surface area (Å²) in [5, 5.41) is 1.08. The Morgan fingerprint density at radius 1 is 1.27 bits per heavy atom. The van der Waals surface area contributed by atoms with E-state index in [0.29, 0.717) is 29.3 Å². The number of hydrogen-bond acceptors (Lipinski definition) is 6. The van der Waals surface area contributed by atoms with Gasteiger partial charge in [0.2, 0.25) is 5.91 Å². The summed E-state index contributed by atoms with van der Waals surface area (Å²) in [5.74, 6) is 1.89. The zero-order valence-corrected chi connectivity index (χ0v) is 23.7. The number of aromatic nitrogens is 4. The van der Waals surface area contributed by atoms with E-state index in [1.54, 1.807) is 25.1 Å². The fourth-order valence-electron chi connectivity index (χ4n) is 7.04. The molecule has 0 spiro atoms. The van der Waals surface area contributed by atoms with E-state index >= 15 is 0 Å². The normalized spacial score (nSPS) is 23.5. The smallest absolute Gasteiger partial charge is 0.254 e. The highest BCUT2D eigenvalue weighted by molar-refractivity contribution is 6.00. The molecule has 1 aromatic carbocycles. The summed E-state index contributed by atoms with van der Waals surface area (Å²) in [6, 6.07) is 9.24. The summed E-state index contributed by atoms with van der Waals surface area (Å²) >= 11 is 0. The number of methoxy groups -OCH3 is 1. The number of likely N-dealkylation sites (N-methyl/N-ethyl adjacent to an activating group) is 1. The number of aryl methyl sites for hydroxylation is 1. The molecule has 1 saturated heterocycles. The number of piperidine rings is 1. The zero-order valence-electron chi connectivity index (χ0n) is 23.7. The molecule has 2 aliphatic carbocycles. The lowest BCUT2D eigenvalue weighted by atomic mass is 10.0. The summed E-state index contributed by atoms with van der Waals surface area (Å²) in [4.78, 5) is 39.6. The monoisotopic (exact) mass is 553 g/mol. The van der Waals surface area contributed by atoms with Crippen LogP contribution in [0.5, 0.6) is 5.75 Å². The van der Waals surface area contributed by atoms with Gasteiger partial charge in [0.25, 0.3) is 5.91 Å². The van der Waals surface area contributed by atoms with Gasteiger partial charge in [-0.25, -0.2) is 9.97 Å². The molecule has 10 nitrogen and oxygen atoms in total. The number of imidazole rings is 1. The lowest BCUT2D eigenvalue weighted by Crippen LogP contribution is -2.54. The molecule has 4 heterocycles. The number of rotatable bonds is 7. The van der Waals surface area contributed by atoms with Gasteiger partial charge < -0.3 is 29.4 Å². The van der Waals surface area contributed by atoms with Crippen molar-refractivity contribution in [3.63, 3.8) is 0 Å². The lowest BCUT2D eigenvalue weighted by molar-refractivity contribution is -0.127. The zero-order chi connectivity index (χ0) is 28.6. The van der Waals surface area contributed by atoms with Gasteiger partial charge in [0.15, 0.2) is 5.82 Å². The van der Waals surface area contributed by atoms with Crippen molar-refractivity contribution in [2.75, 3.05) is 20.7 Å². The van der Waals surface area contributed by atoms with Crippen LogP contribution in [0.1, 0.15) is 29.6 Å². The molecule has 2 bridgehead atoms. The fourth-order valence-corrected chi connectivity index (χ4v) is 7.04. The molecule has 0 unspecified atom stereocenters. The maximum Gasteiger partial charge on any atom is 0.254 e. The van der Waals surface area contributed by atoms with Crippen molar-refractivity contribution in [2.45, 2.75) is 43.9 Å². The Morgan fingerprint density at radius 2 is 2.07 bits per heavy atom. The molecule has 3 fully saturated rings. The molecular formula is C31H35N7O3. The number of carbonyl (C=O) groups excluding carboxylic acids is 2. The minimum Gasteiger partial charge on any atom is -0.494 e. The van der Waals surface area contributed by atoms with E-state index in [9.17, 15) is 9.59 Å². The van der Waals surface area contributed by atoms with E-state index in [1.165, 1.54) is 18.9 Å². The van der Waals surface area contributed by atoms with Crippen LogP contribution in [0.4, 0.5) is 0 Å². The second-order valence-electron chi connectivity index (χ2n) is 11.8. The molecule has 3 aromatic heterocycles. The Hall–Kier alpha value is -4.18. The van der Waals surface area contributed by atoms with Crippen LogP contribution < -0.4 is 10.5 Å². The Balaban J connectivity index is 1.29. The third kappa shape index (κ3) is 3.95. The second-order valence-corrected chi connectivity index (χ2v) is 11.8. The number of nitrogens with zero attached hydrogens (tertiary/aromatic N) is 6. The minimum atomic E-state index is -0.256. The molecule has 4 atom stereocenters. The van der Waals surface area contributed by atoms with Crippen LogP contribution in [0.2, 0.25) is 0 Å². The Kier molecular flexibility index (Phi) is 5.93. The van der Waals surface area contributed by atoms with E-state index in [2.05, 4.69) is 28.3 Å². The van der Waals surface area contributed by atoms with Crippen LogP contribution in [0.3, 0.4) is 0 Å². The largest absolute Gasteiger partial charge is 0.494 e. The number of hydrogen-bond donors (Lipinski definition) is 1. The summed E-state index contributed by atoms with van der Waals surface area (Å²) < 4.78 is 10.1. The van der Waals surface area contributed by atoms with Crippen molar-refractivity contribution < 1.29 is 14.3 Å². The van der Waals surface area contributed by atoms with E-state index in [1.807, 2.05) is 34.8 Å². The summed E-state index contributed by atoms with van der Waals surface area (Å²) in [5.41, 5.74) is 10.5. The van der Waals surface area contributed by atoms with Crippen LogP contribution in [-0.4, -0.2) is 79.5 Å². The number of pyridine rings is 1. The lowest BCUT2D eigenvalue weighted by Gasteiger charge is -2.38. The molecule has 2 N–H and O–H groups in total. The molecular weight excluding hydrogens is 518 g/mol. The molecule has 3 aliphatic rings. The average Bonchev–Trinajstić information content (AvgIpc) is 3.41. The molecule has 1 aliphatic heterocycles. The Labute approximate surface area is 238 Å². The van der Waals surface area contributed by atoms with Crippen molar-refractivity contribution in [2.24, 2.45) is 24.6 Å². The molecule has 4 aromatic rings. The molecule has 2 amide bonds. The number of carbonyl (C=O) groups is 2. The van der Waals surface area contributed by atoms with Crippen LogP contribution in [0.15, 0.2) is 49.2 Å². The van der Waals surface area contributed by atoms with Gasteiger partial charge in [0.05, 0.1) is 30.4 Å². The average molecular weight is 554 g/mol. The molecule has 2 saturated carbocycles. The van der Waals surface area contributed by atoms with Crippen molar-refractivity contribution in [3.05, 3.63) is 54.7 Å². The topological polar surface area (TPSA) is 112 Å². The maximum atomic E-state index is 14.0. The van der Waals surface area contributed by atoms with Crippen molar-refractivity contribution in [1.82, 2.24) is 28.9 Å². The standard InChI is InChI=1S/C31H35N7O3/c1-5-25(39)35(2)22-13-20-16-38(28(22)26(20)32)31(40)19-11-21-27(24(14-19)41-4)36(3)30(34-21)23-12-18-7-6-10-33-29(18)37(23)15-17-8-9-17/h5-7,10-12,14,17,20,22,26,28H,1,8-9,13,15-16,32H2,2-4H3/t20-,22+,26-,28-/m1/s1. The van der Waals surface area contributed by atoms with Crippen LogP contribution in [-0.2, 0) is 18.4 Å². The fraction of sp³-hybridized carbons (Fsp3) is 0.419. The van der Waals surface area contributed by atoms with E-state index in [4.69, 9.17) is 15.5 Å². The number of amides is 2. The van der Waals surface area contributed by atoms with Gasteiger partial charge >= 0.3 is 0 Å². The quantitative estimate of drug-likeness (QED) is 0.352.